The van der Waals surface area contributed by atoms with E-state index in [1.807, 2.05) is 0 Å². The van der Waals surface area contributed by atoms with Gasteiger partial charge in [-0.1, -0.05) is 17.7 Å². The molecule has 0 aromatic heterocycles. The second kappa shape index (κ2) is 5.94. The highest BCUT2D eigenvalue weighted by atomic mass is 35.5. The van der Waals surface area contributed by atoms with Crippen molar-refractivity contribution in [2.45, 2.75) is 12.3 Å². The molecule has 1 aromatic carbocycles. The molecule has 1 aromatic rings. The second-order valence-electron chi connectivity index (χ2n) is 3.14. The normalized spacial score (nSPS) is 12.8. The highest BCUT2D eigenvalue weighted by molar-refractivity contribution is 6.30. The van der Waals surface area contributed by atoms with Gasteiger partial charge in [-0.25, -0.2) is 4.39 Å². The van der Waals surface area contributed by atoms with E-state index in [0.717, 1.165) is 0 Å². The molecule has 0 fully saturated rings. The molecule has 0 radical (unpaired) electrons. The van der Waals surface area contributed by atoms with Crippen LogP contribution in [0.15, 0.2) is 23.2 Å². The van der Waals surface area contributed by atoms with Gasteiger partial charge in [0, 0.05) is 14.2 Å². The van der Waals surface area contributed by atoms with Gasteiger partial charge in [-0.3, -0.25) is 4.99 Å². The maximum absolute atomic E-state index is 13.0. The van der Waals surface area contributed by atoms with Gasteiger partial charge in [0.05, 0.1) is 5.02 Å². The van der Waals surface area contributed by atoms with Gasteiger partial charge in [0.15, 0.2) is 6.29 Å². The number of halogens is 2. The number of hydrogen-bond acceptors (Lipinski definition) is 3. The predicted molar refractivity (Wildman–Crippen MR) is 61.5 cm³/mol. The molecule has 16 heavy (non-hydrogen) atoms. The molecule has 0 aliphatic rings. The lowest BCUT2D eigenvalue weighted by Crippen LogP contribution is -2.21. The van der Waals surface area contributed by atoms with Crippen LogP contribution in [0.4, 0.5) is 4.39 Å². The molecule has 0 saturated carbocycles. The minimum Gasteiger partial charge on any atom is -0.353 e. The van der Waals surface area contributed by atoms with Gasteiger partial charge in [0.25, 0.3) is 0 Å². The summed E-state index contributed by atoms with van der Waals surface area (Å²) in [5.41, 5.74) is 0.690. The van der Waals surface area contributed by atoms with Crippen LogP contribution < -0.4 is 0 Å². The summed E-state index contributed by atoms with van der Waals surface area (Å²) in [6.07, 6.45) is -0.570. The number of aliphatic imine (C=N–C) groups is 1. The average molecular weight is 246 g/mol. The van der Waals surface area contributed by atoms with Gasteiger partial charge in [-0.2, -0.15) is 0 Å². The Kier molecular flexibility index (Phi) is 4.86. The number of rotatable bonds is 5. The number of ether oxygens (including phenoxy) is 2. The van der Waals surface area contributed by atoms with Crippen molar-refractivity contribution in [1.82, 2.24) is 0 Å². The van der Waals surface area contributed by atoms with Crippen molar-refractivity contribution in [3.8, 4) is 0 Å². The Morgan fingerprint density at radius 1 is 1.38 bits per heavy atom. The van der Waals surface area contributed by atoms with Gasteiger partial charge in [0.2, 0.25) is 0 Å². The Labute approximate surface area is 98.8 Å². The number of nitrogens with zero attached hydrogens (tertiary/aromatic N) is 1. The van der Waals surface area contributed by atoms with E-state index < -0.39 is 18.1 Å². The van der Waals surface area contributed by atoms with Crippen LogP contribution in [0.3, 0.4) is 0 Å². The summed E-state index contributed by atoms with van der Waals surface area (Å²) in [5.74, 6) is -0.473. The quantitative estimate of drug-likeness (QED) is 0.590. The van der Waals surface area contributed by atoms with Crippen LogP contribution >= 0.6 is 11.6 Å². The van der Waals surface area contributed by atoms with E-state index in [1.165, 1.54) is 26.4 Å². The largest absolute Gasteiger partial charge is 0.353 e. The van der Waals surface area contributed by atoms with Gasteiger partial charge < -0.3 is 9.47 Å². The first-order valence-corrected chi connectivity index (χ1v) is 4.98. The topological polar surface area (TPSA) is 30.8 Å². The molecule has 1 unspecified atom stereocenters. The van der Waals surface area contributed by atoms with E-state index in [0.29, 0.717) is 5.56 Å². The second-order valence-corrected chi connectivity index (χ2v) is 3.55. The third-order valence-electron chi connectivity index (χ3n) is 2.20. The molecule has 0 bridgehead atoms. The van der Waals surface area contributed by atoms with Crippen LogP contribution in [-0.2, 0) is 9.47 Å². The van der Waals surface area contributed by atoms with Gasteiger partial charge in [0.1, 0.15) is 11.9 Å². The molecule has 0 N–H and O–H groups in total. The fourth-order valence-corrected chi connectivity index (χ4v) is 1.59. The molecule has 1 rings (SSSR count). The number of benzene rings is 1. The predicted octanol–water partition coefficient (Wildman–Crippen LogP) is 2.84. The molecule has 5 heteroatoms. The number of methoxy groups -OCH3 is 2. The fourth-order valence-electron chi connectivity index (χ4n) is 1.40. The van der Waals surface area contributed by atoms with E-state index >= 15 is 0 Å². The van der Waals surface area contributed by atoms with Crippen LogP contribution in [0.5, 0.6) is 0 Å². The van der Waals surface area contributed by atoms with Crippen LogP contribution in [0.1, 0.15) is 11.6 Å². The zero-order chi connectivity index (χ0) is 12.1. The Hall–Kier alpha value is -0.970. The zero-order valence-corrected chi connectivity index (χ0v) is 9.87. The van der Waals surface area contributed by atoms with Crippen molar-refractivity contribution in [2.75, 3.05) is 14.2 Å². The summed E-state index contributed by atoms with van der Waals surface area (Å²) in [4.78, 5) is 3.89. The minimum atomic E-state index is -0.570. The summed E-state index contributed by atoms with van der Waals surface area (Å²) in [7, 11) is 2.99. The summed E-state index contributed by atoms with van der Waals surface area (Å²) >= 11 is 5.69. The molecule has 0 saturated heterocycles. The SMILES string of the molecule is C=NC(c1ccc(F)c(Cl)c1)C(OC)OC. The minimum absolute atomic E-state index is 0.0390. The molecule has 0 amide bonds. The van der Waals surface area contributed by atoms with E-state index in [-0.39, 0.29) is 5.02 Å². The van der Waals surface area contributed by atoms with E-state index in [4.69, 9.17) is 21.1 Å². The smallest absolute Gasteiger partial charge is 0.183 e. The highest BCUT2D eigenvalue weighted by Gasteiger charge is 2.21. The zero-order valence-electron chi connectivity index (χ0n) is 9.11. The first kappa shape index (κ1) is 13.1. The van der Waals surface area contributed by atoms with Crippen molar-refractivity contribution >= 4 is 18.3 Å². The van der Waals surface area contributed by atoms with Crippen LogP contribution in [-0.4, -0.2) is 27.2 Å². The maximum atomic E-state index is 13.0. The molecular formula is C11H13ClFNO2. The van der Waals surface area contributed by atoms with Crippen LogP contribution in [0.25, 0.3) is 0 Å². The summed E-state index contributed by atoms with van der Waals surface area (Å²) < 4.78 is 23.2. The van der Waals surface area contributed by atoms with Crippen LogP contribution in [0, 0.1) is 5.82 Å². The van der Waals surface area contributed by atoms with Crippen molar-refractivity contribution < 1.29 is 13.9 Å². The van der Waals surface area contributed by atoms with Crippen molar-refractivity contribution in [2.24, 2.45) is 4.99 Å². The molecular weight excluding hydrogens is 233 g/mol. The Bertz CT molecular complexity index is 369. The Morgan fingerprint density at radius 2 is 2.00 bits per heavy atom. The lowest BCUT2D eigenvalue weighted by molar-refractivity contribution is -0.116. The summed E-state index contributed by atoms with van der Waals surface area (Å²) in [6, 6.07) is 3.90. The highest BCUT2D eigenvalue weighted by Crippen LogP contribution is 2.27. The summed E-state index contributed by atoms with van der Waals surface area (Å²) in [6.45, 7) is 3.46. The molecule has 0 aliphatic heterocycles. The fraction of sp³-hybridized carbons (Fsp3) is 0.364. The van der Waals surface area contributed by atoms with Gasteiger partial charge in [-0.15, -0.1) is 0 Å². The first-order valence-electron chi connectivity index (χ1n) is 4.60. The third-order valence-corrected chi connectivity index (χ3v) is 2.49. The standard InChI is InChI=1S/C11H13ClFNO2/c1-14-10(11(15-2)16-3)7-4-5-9(13)8(12)6-7/h4-6,10-11H,1H2,2-3H3. The van der Waals surface area contributed by atoms with Crippen molar-refractivity contribution in [1.29, 1.82) is 0 Å². The molecule has 0 spiro atoms. The Morgan fingerprint density at radius 3 is 2.44 bits per heavy atom. The monoisotopic (exact) mass is 245 g/mol. The molecule has 88 valence electrons. The van der Waals surface area contributed by atoms with E-state index in [2.05, 4.69) is 11.7 Å². The lowest BCUT2D eigenvalue weighted by Gasteiger charge is -2.21. The molecule has 0 aliphatic carbocycles. The third kappa shape index (κ3) is 2.78. The van der Waals surface area contributed by atoms with E-state index in [9.17, 15) is 4.39 Å². The van der Waals surface area contributed by atoms with Crippen LogP contribution in [0.2, 0.25) is 5.02 Å². The molecule has 1 atom stereocenters. The van der Waals surface area contributed by atoms with Crippen molar-refractivity contribution in [3.05, 3.63) is 34.6 Å². The summed E-state index contributed by atoms with van der Waals surface area (Å²) in [5, 5.41) is 0.0390. The first-order chi connectivity index (χ1) is 7.63. The maximum Gasteiger partial charge on any atom is 0.183 e. The lowest BCUT2D eigenvalue weighted by atomic mass is 10.1. The van der Waals surface area contributed by atoms with E-state index in [1.54, 1.807) is 6.07 Å². The average Bonchev–Trinajstić information content (AvgIpc) is 2.29. The molecule has 0 heterocycles. The number of hydrogen-bond donors (Lipinski definition) is 0. The van der Waals surface area contributed by atoms with Gasteiger partial charge in [-0.05, 0) is 24.4 Å². The Balaban J connectivity index is 3.03. The van der Waals surface area contributed by atoms with Crippen molar-refractivity contribution in [3.63, 3.8) is 0 Å². The molecule has 3 nitrogen and oxygen atoms in total. The van der Waals surface area contributed by atoms with Gasteiger partial charge >= 0.3 is 0 Å².